The number of carboxylic acid groups (broad SMARTS) is 1. The van der Waals surface area contributed by atoms with E-state index in [9.17, 15) is 14.9 Å². The quantitative estimate of drug-likeness (QED) is 0.498. The lowest BCUT2D eigenvalue weighted by atomic mass is 10.2. The van der Waals surface area contributed by atoms with E-state index in [1.807, 2.05) is 0 Å². The maximum Gasteiger partial charge on any atom is 0.308 e. The van der Waals surface area contributed by atoms with Crippen LogP contribution in [-0.4, -0.2) is 21.0 Å². The highest BCUT2D eigenvalue weighted by Gasteiger charge is 2.11. The number of hydrogen-bond donors (Lipinski definition) is 1. The molecule has 0 saturated carbocycles. The van der Waals surface area contributed by atoms with Gasteiger partial charge in [-0.1, -0.05) is 23.9 Å². The predicted octanol–water partition coefficient (Wildman–Crippen LogP) is 3.28. The topological polar surface area (TPSA) is 93.3 Å². The molecule has 1 aromatic carbocycles. The second kappa shape index (κ2) is 6.68. The number of nitro benzene ring substituents is 1. The van der Waals surface area contributed by atoms with Gasteiger partial charge in [0.25, 0.3) is 5.69 Å². The number of carbonyl (C=O) groups is 1. The summed E-state index contributed by atoms with van der Waals surface area (Å²) in [7, 11) is 0. The molecule has 110 valence electrons. The van der Waals surface area contributed by atoms with Gasteiger partial charge in [-0.25, -0.2) is 4.98 Å². The third-order valence-electron chi connectivity index (χ3n) is 2.69. The maximum absolute atomic E-state index is 10.7. The van der Waals surface area contributed by atoms with Crippen molar-refractivity contribution in [1.29, 1.82) is 0 Å². The van der Waals surface area contributed by atoms with Gasteiger partial charge in [0.05, 0.1) is 17.0 Å². The van der Waals surface area contributed by atoms with Crippen molar-refractivity contribution in [3.8, 4) is 0 Å². The van der Waals surface area contributed by atoms with E-state index in [0.717, 1.165) is 20.5 Å². The maximum atomic E-state index is 10.7. The van der Waals surface area contributed by atoms with Crippen molar-refractivity contribution in [3.63, 3.8) is 0 Å². The Morgan fingerprint density at radius 1 is 1.43 bits per heavy atom. The van der Waals surface area contributed by atoms with Crippen LogP contribution in [0, 0.1) is 17.0 Å². The minimum absolute atomic E-state index is 0.0123. The summed E-state index contributed by atoms with van der Waals surface area (Å²) < 4.78 is 0.808. The van der Waals surface area contributed by atoms with Crippen LogP contribution < -0.4 is 0 Å². The molecule has 0 aliphatic heterocycles. The Hall–Kier alpha value is -1.93. The highest BCUT2D eigenvalue weighted by molar-refractivity contribution is 8.00. The Labute approximate surface area is 129 Å². The number of aryl methyl sites for hydroxylation is 1. The average molecular weight is 324 g/mol. The van der Waals surface area contributed by atoms with Gasteiger partial charge in [0, 0.05) is 22.8 Å². The summed E-state index contributed by atoms with van der Waals surface area (Å²) in [5.74, 6) is -0.231. The van der Waals surface area contributed by atoms with Crippen LogP contribution in [0.25, 0.3) is 0 Å². The first-order valence-electron chi connectivity index (χ1n) is 6.00. The Balaban J connectivity index is 1.99. The molecule has 0 bridgehead atoms. The van der Waals surface area contributed by atoms with Crippen LogP contribution >= 0.6 is 23.1 Å². The number of nitrogens with zero attached hydrogens (tertiary/aromatic N) is 2. The van der Waals surface area contributed by atoms with E-state index in [1.54, 1.807) is 19.1 Å². The van der Waals surface area contributed by atoms with Crippen molar-refractivity contribution in [2.24, 2.45) is 0 Å². The molecule has 1 aromatic heterocycles. The van der Waals surface area contributed by atoms with Gasteiger partial charge in [0.2, 0.25) is 0 Å². The monoisotopic (exact) mass is 324 g/mol. The molecule has 0 atom stereocenters. The summed E-state index contributed by atoms with van der Waals surface area (Å²) in [5.41, 5.74) is 1.77. The van der Waals surface area contributed by atoms with Crippen LogP contribution in [0.15, 0.2) is 28.6 Å². The first-order chi connectivity index (χ1) is 9.95. The Kier molecular flexibility index (Phi) is 4.92. The molecular weight excluding hydrogens is 312 g/mol. The van der Waals surface area contributed by atoms with Gasteiger partial charge >= 0.3 is 5.97 Å². The van der Waals surface area contributed by atoms with Crippen LogP contribution in [0.3, 0.4) is 0 Å². The molecule has 1 heterocycles. The fraction of sp³-hybridized carbons (Fsp3) is 0.231. The fourth-order valence-electron chi connectivity index (χ4n) is 1.62. The molecule has 2 aromatic rings. The summed E-state index contributed by atoms with van der Waals surface area (Å²) in [5, 5.41) is 19.4. The van der Waals surface area contributed by atoms with Crippen molar-refractivity contribution >= 4 is 34.8 Å². The molecule has 2 rings (SSSR count). The number of rotatable bonds is 6. The molecule has 0 spiro atoms. The number of thioether (sulfide) groups is 1. The molecule has 0 amide bonds. The van der Waals surface area contributed by atoms with E-state index < -0.39 is 10.9 Å². The molecule has 0 saturated heterocycles. The van der Waals surface area contributed by atoms with E-state index in [2.05, 4.69) is 4.98 Å². The largest absolute Gasteiger partial charge is 0.481 e. The van der Waals surface area contributed by atoms with Crippen LogP contribution in [0.1, 0.15) is 16.1 Å². The number of aliphatic carboxylic acids is 1. The van der Waals surface area contributed by atoms with Gasteiger partial charge in [-0.15, -0.1) is 11.3 Å². The van der Waals surface area contributed by atoms with Crippen LogP contribution in [0.4, 0.5) is 5.69 Å². The lowest BCUT2D eigenvalue weighted by Crippen LogP contribution is -1.99. The molecular formula is C13H12N2O4S2. The molecule has 21 heavy (non-hydrogen) atoms. The lowest BCUT2D eigenvalue weighted by molar-refractivity contribution is -0.384. The smallest absolute Gasteiger partial charge is 0.308 e. The third kappa shape index (κ3) is 4.27. The molecule has 8 heteroatoms. The normalized spacial score (nSPS) is 10.5. The SMILES string of the molecule is Cc1nc(SCc2ccc([N+](=O)[O-])cc2)sc1CC(=O)O. The van der Waals surface area contributed by atoms with E-state index in [0.29, 0.717) is 5.75 Å². The Morgan fingerprint density at radius 3 is 2.67 bits per heavy atom. The van der Waals surface area contributed by atoms with Crippen LogP contribution in [-0.2, 0) is 17.0 Å². The summed E-state index contributed by atoms with van der Waals surface area (Å²) in [4.78, 5) is 25.9. The van der Waals surface area contributed by atoms with E-state index in [4.69, 9.17) is 5.11 Å². The van der Waals surface area contributed by atoms with E-state index in [1.165, 1.54) is 35.2 Å². The summed E-state index contributed by atoms with van der Waals surface area (Å²) in [6.45, 7) is 1.80. The predicted molar refractivity (Wildman–Crippen MR) is 80.8 cm³/mol. The lowest BCUT2D eigenvalue weighted by Gasteiger charge is -1.98. The average Bonchev–Trinajstić information content (AvgIpc) is 2.77. The summed E-state index contributed by atoms with van der Waals surface area (Å²) >= 11 is 2.87. The summed E-state index contributed by atoms with van der Waals surface area (Å²) in [6.07, 6.45) is -0.0123. The van der Waals surface area contributed by atoms with Gasteiger partial charge in [-0.05, 0) is 12.5 Å². The number of hydrogen-bond acceptors (Lipinski definition) is 6. The Morgan fingerprint density at radius 2 is 2.10 bits per heavy atom. The number of non-ortho nitro benzene ring substituents is 1. The van der Waals surface area contributed by atoms with Gasteiger partial charge in [0.1, 0.15) is 0 Å². The van der Waals surface area contributed by atoms with Crippen molar-refractivity contribution in [2.45, 2.75) is 23.4 Å². The zero-order chi connectivity index (χ0) is 15.4. The first kappa shape index (κ1) is 15.5. The van der Waals surface area contributed by atoms with Gasteiger partial charge in [0.15, 0.2) is 4.34 Å². The van der Waals surface area contributed by atoms with Gasteiger partial charge in [-0.2, -0.15) is 0 Å². The Bertz CT molecular complexity index is 667. The van der Waals surface area contributed by atoms with E-state index in [-0.39, 0.29) is 12.1 Å². The fourth-order valence-corrected chi connectivity index (χ4v) is 3.80. The highest BCUT2D eigenvalue weighted by atomic mass is 32.2. The second-order valence-electron chi connectivity index (χ2n) is 4.27. The zero-order valence-electron chi connectivity index (χ0n) is 11.1. The molecule has 0 fully saturated rings. The zero-order valence-corrected chi connectivity index (χ0v) is 12.7. The van der Waals surface area contributed by atoms with Gasteiger partial charge in [-0.3, -0.25) is 14.9 Å². The minimum atomic E-state index is -0.867. The highest BCUT2D eigenvalue weighted by Crippen LogP contribution is 2.30. The van der Waals surface area contributed by atoms with Gasteiger partial charge < -0.3 is 5.11 Å². The van der Waals surface area contributed by atoms with Crippen molar-refractivity contribution in [3.05, 3.63) is 50.5 Å². The second-order valence-corrected chi connectivity index (χ2v) is 6.58. The first-order valence-corrected chi connectivity index (χ1v) is 7.80. The number of benzene rings is 1. The minimum Gasteiger partial charge on any atom is -0.481 e. The standard InChI is InChI=1S/C13H12N2O4S2/c1-8-11(6-12(16)17)21-13(14-8)20-7-9-2-4-10(5-3-9)15(18)19/h2-5H,6-7H2,1H3,(H,16,17). The third-order valence-corrected chi connectivity index (χ3v) is 5.07. The number of nitro groups is 1. The summed E-state index contributed by atoms with van der Waals surface area (Å²) in [6, 6.07) is 6.37. The van der Waals surface area contributed by atoms with Crippen LogP contribution in [0.2, 0.25) is 0 Å². The van der Waals surface area contributed by atoms with Crippen LogP contribution in [0.5, 0.6) is 0 Å². The van der Waals surface area contributed by atoms with Crippen molar-refractivity contribution in [1.82, 2.24) is 4.98 Å². The number of carboxylic acids is 1. The van der Waals surface area contributed by atoms with E-state index >= 15 is 0 Å². The molecule has 0 aliphatic carbocycles. The number of aromatic nitrogens is 1. The molecule has 0 radical (unpaired) electrons. The number of thiazole rings is 1. The molecule has 0 unspecified atom stereocenters. The van der Waals surface area contributed by atoms with Crippen molar-refractivity contribution in [2.75, 3.05) is 0 Å². The molecule has 0 aliphatic rings. The molecule has 6 nitrogen and oxygen atoms in total. The van der Waals surface area contributed by atoms with Crippen molar-refractivity contribution < 1.29 is 14.8 Å². The molecule has 1 N–H and O–H groups in total.